The van der Waals surface area contributed by atoms with Crippen LogP contribution in [0.1, 0.15) is 63.6 Å². The lowest BCUT2D eigenvalue weighted by Gasteiger charge is -2.20. The Labute approximate surface area is 217 Å². The third kappa shape index (κ3) is 7.87. The Morgan fingerprint density at radius 2 is 1.67 bits per heavy atom. The highest BCUT2D eigenvalue weighted by atomic mass is 16.5. The lowest BCUT2D eigenvalue weighted by molar-refractivity contribution is 0.242. The summed E-state index contributed by atoms with van der Waals surface area (Å²) in [5.41, 5.74) is 7.24. The average molecular weight is 487 g/mol. The number of carbonyl (C=O) groups excluding carboxylic acids is 1. The number of nitrogens with zero attached hydrogens (tertiary/aromatic N) is 1. The summed E-state index contributed by atoms with van der Waals surface area (Å²) in [6, 6.07) is 23.5. The molecule has 0 aliphatic carbocycles. The van der Waals surface area contributed by atoms with Crippen LogP contribution in [0.5, 0.6) is 5.75 Å². The van der Waals surface area contributed by atoms with Gasteiger partial charge < -0.3 is 10.1 Å². The number of hydrogen-bond acceptors (Lipinski definition) is 2. The number of nitrogens with one attached hydrogen (secondary N) is 1. The van der Waals surface area contributed by atoms with E-state index in [1.807, 2.05) is 25.2 Å². The van der Waals surface area contributed by atoms with Crippen molar-refractivity contribution in [3.8, 4) is 16.9 Å². The zero-order valence-corrected chi connectivity index (χ0v) is 22.6. The van der Waals surface area contributed by atoms with Crippen molar-refractivity contribution in [2.45, 2.75) is 72.3 Å². The van der Waals surface area contributed by atoms with Crippen LogP contribution < -0.4 is 15.0 Å². The van der Waals surface area contributed by atoms with E-state index in [0.717, 1.165) is 55.5 Å². The molecule has 0 atom stereocenters. The van der Waals surface area contributed by atoms with Crippen molar-refractivity contribution in [3.63, 3.8) is 0 Å². The van der Waals surface area contributed by atoms with Crippen molar-refractivity contribution in [1.82, 2.24) is 5.32 Å². The number of amides is 2. The fraction of sp³-hybridized carbons (Fsp3) is 0.406. The molecule has 4 heteroatoms. The van der Waals surface area contributed by atoms with Crippen molar-refractivity contribution < 1.29 is 9.53 Å². The lowest BCUT2D eigenvalue weighted by atomic mass is 9.92. The van der Waals surface area contributed by atoms with Crippen molar-refractivity contribution in [2.75, 3.05) is 18.5 Å². The lowest BCUT2D eigenvalue weighted by Crippen LogP contribution is -2.37. The first kappa shape index (κ1) is 27.3. The van der Waals surface area contributed by atoms with Gasteiger partial charge in [0.1, 0.15) is 5.75 Å². The maximum atomic E-state index is 12.6. The first-order valence-corrected chi connectivity index (χ1v) is 13.4. The average Bonchev–Trinajstić information content (AvgIpc) is 2.87. The second kappa shape index (κ2) is 13.7. The van der Waals surface area contributed by atoms with E-state index in [-0.39, 0.29) is 12.1 Å². The molecule has 0 fully saturated rings. The SMILES string of the molecule is CCCCNC(=O)N(C)c1cccc(-c2ccc(CCC)cc2CCc2cccc(OC(C)C)c2)c1. The zero-order valence-electron chi connectivity index (χ0n) is 22.6. The van der Waals surface area contributed by atoms with Crippen molar-refractivity contribution in [1.29, 1.82) is 0 Å². The Kier molecular flexibility index (Phi) is 10.4. The van der Waals surface area contributed by atoms with Crippen LogP contribution in [-0.4, -0.2) is 25.7 Å². The van der Waals surface area contributed by atoms with Crippen LogP contribution in [0.2, 0.25) is 0 Å². The van der Waals surface area contributed by atoms with E-state index in [4.69, 9.17) is 4.74 Å². The highest BCUT2D eigenvalue weighted by molar-refractivity contribution is 5.92. The highest BCUT2D eigenvalue weighted by Crippen LogP contribution is 2.30. The van der Waals surface area contributed by atoms with Gasteiger partial charge in [-0.3, -0.25) is 4.90 Å². The predicted molar refractivity (Wildman–Crippen MR) is 152 cm³/mol. The molecular formula is C32H42N2O2. The summed E-state index contributed by atoms with van der Waals surface area (Å²) in [4.78, 5) is 14.3. The molecule has 1 N–H and O–H groups in total. The summed E-state index contributed by atoms with van der Waals surface area (Å²) in [6.45, 7) is 9.15. The highest BCUT2D eigenvalue weighted by Gasteiger charge is 2.13. The minimum atomic E-state index is -0.0670. The van der Waals surface area contributed by atoms with Gasteiger partial charge in [-0.15, -0.1) is 0 Å². The number of urea groups is 1. The van der Waals surface area contributed by atoms with E-state index in [1.54, 1.807) is 4.90 Å². The number of rotatable bonds is 12. The van der Waals surface area contributed by atoms with Gasteiger partial charge in [0.2, 0.25) is 0 Å². The Balaban J connectivity index is 1.85. The summed E-state index contributed by atoms with van der Waals surface area (Å²) < 4.78 is 5.90. The summed E-state index contributed by atoms with van der Waals surface area (Å²) in [6.07, 6.45) is 6.29. The van der Waals surface area contributed by atoms with E-state index in [9.17, 15) is 4.79 Å². The molecule has 3 aromatic rings. The number of anilines is 1. The number of unbranched alkanes of at least 4 members (excludes halogenated alkanes) is 1. The molecule has 0 aliphatic rings. The van der Waals surface area contributed by atoms with Gasteiger partial charge >= 0.3 is 6.03 Å². The standard InChI is InChI=1S/C32H42N2O2/c1-6-8-20-33-32(35)34(5)29-14-10-13-27(23-29)31-19-17-25(11-7-2)21-28(31)18-16-26-12-9-15-30(22-26)36-24(3)4/h9-10,12-15,17,19,21-24H,6-8,11,16,18,20H2,1-5H3,(H,33,35). The van der Waals surface area contributed by atoms with Gasteiger partial charge in [-0.1, -0.05) is 69.2 Å². The molecule has 192 valence electrons. The van der Waals surface area contributed by atoms with Gasteiger partial charge in [0.15, 0.2) is 0 Å². The molecule has 36 heavy (non-hydrogen) atoms. The Hall–Kier alpha value is -3.27. The van der Waals surface area contributed by atoms with Crippen molar-refractivity contribution in [3.05, 3.63) is 83.4 Å². The van der Waals surface area contributed by atoms with Crippen LogP contribution in [0.25, 0.3) is 11.1 Å². The monoisotopic (exact) mass is 486 g/mol. The molecule has 0 saturated carbocycles. The van der Waals surface area contributed by atoms with E-state index in [1.165, 1.54) is 22.3 Å². The molecule has 0 saturated heterocycles. The van der Waals surface area contributed by atoms with E-state index >= 15 is 0 Å². The molecule has 2 amide bonds. The minimum Gasteiger partial charge on any atom is -0.491 e. The second-order valence-electron chi connectivity index (χ2n) is 9.75. The number of hydrogen-bond donors (Lipinski definition) is 1. The first-order valence-electron chi connectivity index (χ1n) is 13.4. The van der Waals surface area contributed by atoms with Crippen LogP contribution in [0.3, 0.4) is 0 Å². The Morgan fingerprint density at radius 1 is 0.889 bits per heavy atom. The fourth-order valence-corrected chi connectivity index (χ4v) is 4.40. The predicted octanol–water partition coefficient (Wildman–Crippen LogP) is 7.82. The molecule has 4 nitrogen and oxygen atoms in total. The van der Waals surface area contributed by atoms with Crippen LogP contribution in [0, 0.1) is 0 Å². The summed E-state index contributed by atoms with van der Waals surface area (Å²) in [5, 5.41) is 3.01. The van der Waals surface area contributed by atoms with E-state index in [0.29, 0.717) is 6.54 Å². The van der Waals surface area contributed by atoms with Gasteiger partial charge in [0.05, 0.1) is 6.10 Å². The summed E-state index contributed by atoms with van der Waals surface area (Å²) >= 11 is 0. The molecule has 0 unspecified atom stereocenters. The number of benzene rings is 3. The summed E-state index contributed by atoms with van der Waals surface area (Å²) in [5.74, 6) is 0.926. The zero-order chi connectivity index (χ0) is 25.9. The smallest absolute Gasteiger partial charge is 0.321 e. The number of aryl methyl sites for hydroxylation is 3. The molecule has 3 aromatic carbocycles. The van der Waals surface area contributed by atoms with Crippen LogP contribution in [0.4, 0.5) is 10.5 Å². The maximum Gasteiger partial charge on any atom is 0.321 e. The Morgan fingerprint density at radius 3 is 2.42 bits per heavy atom. The maximum absolute atomic E-state index is 12.6. The largest absolute Gasteiger partial charge is 0.491 e. The third-order valence-electron chi connectivity index (χ3n) is 6.32. The van der Waals surface area contributed by atoms with Crippen molar-refractivity contribution >= 4 is 11.7 Å². The fourth-order valence-electron chi connectivity index (χ4n) is 4.40. The normalized spacial score (nSPS) is 10.9. The van der Waals surface area contributed by atoms with Crippen molar-refractivity contribution in [2.24, 2.45) is 0 Å². The first-order chi connectivity index (χ1) is 17.4. The quantitative estimate of drug-likeness (QED) is 0.265. The molecular weight excluding hydrogens is 444 g/mol. The molecule has 0 aromatic heterocycles. The van der Waals surface area contributed by atoms with Gasteiger partial charge in [0, 0.05) is 19.3 Å². The minimum absolute atomic E-state index is 0.0670. The van der Waals surface area contributed by atoms with Crippen LogP contribution in [-0.2, 0) is 19.3 Å². The molecule has 3 rings (SSSR count). The van der Waals surface area contributed by atoms with Gasteiger partial charge in [-0.2, -0.15) is 0 Å². The molecule has 0 bridgehead atoms. The Bertz CT molecular complexity index is 1120. The third-order valence-corrected chi connectivity index (χ3v) is 6.32. The molecule has 0 aliphatic heterocycles. The molecule has 0 spiro atoms. The van der Waals surface area contributed by atoms with Crippen LogP contribution >= 0.6 is 0 Å². The molecule has 0 radical (unpaired) electrons. The van der Waals surface area contributed by atoms with Gasteiger partial charge in [-0.05, 0) is 91.6 Å². The second-order valence-corrected chi connectivity index (χ2v) is 9.75. The van der Waals surface area contributed by atoms with Gasteiger partial charge in [0.25, 0.3) is 0 Å². The topological polar surface area (TPSA) is 41.6 Å². The van der Waals surface area contributed by atoms with Gasteiger partial charge in [-0.25, -0.2) is 4.79 Å². The molecule has 0 heterocycles. The van der Waals surface area contributed by atoms with E-state index < -0.39 is 0 Å². The van der Waals surface area contributed by atoms with E-state index in [2.05, 4.69) is 81.5 Å². The number of carbonyl (C=O) groups is 1. The van der Waals surface area contributed by atoms with Crippen LogP contribution in [0.15, 0.2) is 66.7 Å². The summed E-state index contributed by atoms with van der Waals surface area (Å²) in [7, 11) is 1.83. The number of ether oxygens (including phenoxy) is 1.